The Kier molecular flexibility index (Phi) is 2.63. The monoisotopic (exact) mass is 180 g/mol. The molecule has 1 rings (SSSR count). The topological polar surface area (TPSA) is 69.2 Å². The van der Waals surface area contributed by atoms with Crippen molar-refractivity contribution in [1.29, 1.82) is 0 Å². The highest BCUT2D eigenvalue weighted by molar-refractivity contribution is 5.42. The predicted octanol–water partition coefficient (Wildman–Crippen LogP) is 1.92. The number of hydrogen-bond donors (Lipinski definition) is 1. The molecule has 0 aliphatic carbocycles. The molecule has 0 bridgehead atoms. The molecule has 70 valence electrons. The van der Waals surface area contributed by atoms with Crippen molar-refractivity contribution in [2.24, 2.45) is 5.73 Å². The number of nitro benzene ring substituents is 1. The maximum absolute atomic E-state index is 10.5. The zero-order valence-corrected chi connectivity index (χ0v) is 7.65. The molecule has 4 heteroatoms. The Morgan fingerprint density at radius 3 is 2.54 bits per heavy atom. The Bertz CT molecular complexity index is 334. The molecule has 0 unspecified atom stereocenters. The standard InChI is InChI=1S/C9H12N2O2/c1-6-5-8(7(2)10)3-4-9(6)11(12)13/h3-5,7H,10H2,1-2H3/t7-/m0/s1. The van der Waals surface area contributed by atoms with Crippen LogP contribution in [0, 0.1) is 17.0 Å². The molecule has 0 aromatic heterocycles. The highest BCUT2D eigenvalue weighted by atomic mass is 16.6. The summed E-state index contributed by atoms with van der Waals surface area (Å²) in [6, 6.07) is 4.85. The van der Waals surface area contributed by atoms with Gasteiger partial charge in [0.15, 0.2) is 0 Å². The lowest BCUT2D eigenvalue weighted by Crippen LogP contribution is -2.05. The van der Waals surface area contributed by atoms with Crippen LogP contribution < -0.4 is 5.73 Å². The fraction of sp³-hybridized carbons (Fsp3) is 0.333. The van der Waals surface area contributed by atoms with Crippen molar-refractivity contribution in [3.63, 3.8) is 0 Å². The minimum atomic E-state index is -0.389. The molecule has 1 atom stereocenters. The number of hydrogen-bond acceptors (Lipinski definition) is 3. The fourth-order valence-corrected chi connectivity index (χ4v) is 1.17. The molecule has 4 nitrogen and oxygen atoms in total. The van der Waals surface area contributed by atoms with Crippen LogP contribution in [0.3, 0.4) is 0 Å². The number of rotatable bonds is 2. The Morgan fingerprint density at radius 2 is 2.15 bits per heavy atom. The van der Waals surface area contributed by atoms with Crippen LogP contribution in [0.4, 0.5) is 5.69 Å². The summed E-state index contributed by atoms with van der Waals surface area (Å²) in [5.41, 5.74) is 7.35. The summed E-state index contributed by atoms with van der Waals surface area (Å²) < 4.78 is 0. The molecule has 0 saturated carbocycles. The quantitative estimate of drug-likeness (QED) is 0.558. The zero-order chi connectivity index (χ0) is 10.0. The summed E-state index contributed by atoms with van der Waals surface area (Å²) in [4.78, 5) is 10.1. The first-order valence-electron chi connectivity index (χ1n) is 4.03. The van der Waals surface area contributed by atoms with Crippen LogP contribution in [0.1, 0.15) is 24.1 Å². The van der Waals surface area contributed by atoms with Gasteiger partial charge in [-0.25, -0.2) is 0 Å². The first kappa shape index (κ1) is 9.67. The van der Waals surface area contributed by atoms with Gasteiger partial charge in [0.2, 0.25) is 0 Å². The van der Waals surface area contributed by atoms with Crippen LogP contribution in [0.15, 0.2) is 18.2 Å². The summed E-state index contributed by atoms with van der Waals surface area (Å²) in [5.74, 6) is 0. The van der Waals surface area contributed by atoms with E-state index in [4.69, 9.17) is 5.73 Å². The van der Waals surface area contributed by atoms with Gasteiger partial charge in [-0.1, -0.05) is 6.07 Å². The van der Waals surface area contributed by atoms with Gasteiger partial charge < -0.3 is 5.73 Å². The molecule has 2 N–H and O–H groups in total. The van der Waals surface area contributed by atoms with E-state index in [1.807, 2.05) is 6.92 Å². The molecule has 0 aliphatic heterocycles. The van der Waals surface area contributed by atoms with E-state index in [0.717, 1.165) is 5.56 Å². The molecule has 13 heavy (non-hydrogen) atoms. The summed E-state index contributed by atoms with van der Waals surface area (Å²) in [5, 5.41) is 10.5. The number of nitrogens with two attached hydrogens (primary N) is 1. The highest BCUT2D eigenvalue weighted by Gasteiger charge is 2.10. The van der Waals surface area contributed by atoms with Crippen molar-refractivity contribution in [3.05, 3.63) is 39.4 Å². The minimum Gasteiger partial charge on any atom is -0.324 e. The van der Waals surface area contributed by atoms with Gasteiger partial charge in [0.05, 0.1) is 4.92 Å². The van der Waals surface area contributed by atoms with Crippen LogP contribution in [0.2, 0.25) is 0 Å². The van der Waals surface area contributed by atoms with E-state index in [2.05, 4.69) is 0 Å². The van der Waals surface area contributed by atoms with Gasteiger partial charge in [-0.05, 0) is 25.5 Å². The summed E-state index contributed by atoms with van der Waals surface area (Å²) in [6.45, 7) is 3.56. The van der Waals surface area contributed by atoms with Gasteiger partial charge >= 0.3 is 0 Å². The number of nitrogens with zero attached hydrogens (tertiary/aromatic N) is 1. The van der Waals surface area contributed by atoms with E-state index >= 15 is 0 Å². The van der Waals surface area contributed by atoms with E-state index in [0.29, 0.717) is 5.56 Å². The average Bonchev–Trinajstić information content (AvgIpc) is 2.03. The van der Waals surface area contributed by atoms with E-state index < -0.39 is 0 Å². The molecule has 0 radical (unpaired) electrons. The van der Waals surface area contributed by atoms with Crippen molar-refractivity contribution in [2.75, 3.05) is 0 Å². The third kappa shape index (κ3) is 2.03. The van der Waals surface area contributed by atoms with Gasteiger partial charge in [-0.3, -0.25) is 10.1 Å². The van der Waals surface area contributed by atoms with Crippen molar-refractivity contribution in [3.8, 4) is 0 Å². The van der Waals surface area contributed by atoms with Crippen LogP contribution in [0.25, 0.3) is 0 Å². The summed E-state index contributed by atoms with van der Waals surface area (Å²) in [7, 11) is 0. The van der Waals surface area contributed by atoms with Gasteiger partial charge in [0.1, 0.15) is 0 Å². The Morgan fingerprint density at radius 1 is 1.54 bits per heavy atom. The van der Waals surface area contributed by atoms with Crippen molar-refractivity contribution in [2.45, 2.75) is 19.9 Å². The maximum atomic E-state index is 10.5. The average molecular weight is 180 g/mol. The minimum absolute atomic E-state index is 0.0838. The van der Waals surface area contributed by atoms with Gasteiger partial charge in [-0.2, -0.15) is 0 Å². The molecular formula is C9H12N2O2. The molecule has 0 aliphatic rings. The van der Waals surface area contributed by atoms with Crippen molar-refractivity contribution >= 4 is 5.69 Å². The molecule has 0 saturated heterocycles. The second-order valence-electron chi connectivity index (χ2n) is 3.09. The fourth-order valence-electron chi connectivity index (χ4n) is 1.17. The van der Waals surface area contributed by atoms with E-state index in [9.17, 15) is 10.1 Å². The van der Waals surface area contributed by atoms with E-state index in [-0.39, 0.29) is 16.7 Å². The first-order valence-corrected chi connectivity index (χ1v) is 4.03. The Labute approximate surface area is 76.5 Å². The summed E-state index contributed by atoms with van der Waals surface area (Å²) in [6.07, 6.45) is 0. The number of nitro groups is 1. The molecule has 0 spiro atoms. The zero-order valence-electron chi connectivity index (χ0n) is 7.65. The lowest BCUT2D eigenvalue weighted by atomic mass is 10.1. The lowest BCUT2D eigenvalue weighted by molar-refractivity contribution is -0.385. The Hall–Kier alpha value is -1.42. The molecule has 1 aromatic rings. The van der Waals surface area contributed by atoms with Crippen molar-refractivity contribution < 1.29 is 4.92 Å². The SMILES string of the molecule is Cc1cc([C@H](C)N)ccc1[N+](=O)[O-]. The van der Waals surface area contributed by atoms with E-state index in [1.54, 1.807) is 19.1 Å². The van der Waals surface area contributed by atoms with Crippen LogP contribution in [-0.2, 0) is 0 Å². The van der Waals surface area contributed by atoms with Gasteiger partial charge in [0.25, 0.3) is 5.69 Å². The van der Waals surface area contributed by atoms with E-state index in [1.165, 1.54) is 6.07 Å². The molecule has 0 amide bonds. The van der Waals surface area contributed by atoms with Crippen LogP contribution in [0.5, 0.6) is 0 Å². The lowest BCUT2D eigenvalue weighted by Gasteiger charge is -2.05. The maximum Gasteiger partial charge on any atom is 0.272 e. The van der Waals surface area contributed by atoms with Crippen LogP contribution >= 0.6 is 0 Å². The molecule has 1 aromatic carbocycles. The second-order valence-corrected chi connectivity index (χ2v) is 3.09. The predicted molar refractivity (Wildman–Crippen MR) is 50.4 cm³/mol. The molecule has 0 fully saturated rings. The third-order valence-corrected chi connectivity index (χ3v) is 1.94. The second kappa shape index (κ2) is 3.53. The van der Waals surface area contributed by atoms with Crippen LogP contribution in [-0.4, -0.2) is 4.92 Å². The van der Waals surface area contributed by atoms with Crippen molar-refractivity contribution in [1.82, 2.24) is 0 Å². The largest absolute Gasteiger partial charge is 0.324 e. The molecule has 0 heterocycles. The van der Waals surface area contributed by atoms with Gasteiger partial charge in [0, 0.05) is 17.7 Å². The first-order chi connectivity index (χ1) is 6.02. The smallest absolute Gasteiger partial charge is 0.272 e. The van der Waals surface area contributed by atoms with Gasteiger partial charge in [-0.15, -0.1) is 0 Å². The number of benzene rings is 1. The number of aryl methyl sites for hydroxylation is 1. The normalized spacial score (nSPS) is 12.5. The third-order valence-electron chi connectivity index (χ3n) is 1.94. The highest BCUT2D eigenvalue weighted by Crippen LogP contribution is 2.21. The molecular weight excluding hydrogens is 168 g/mol. The summed E-state index contributed by atoms with van der Waals surface area (Å²) >= 11 is 0. The Balaban J connectivity index is 3.13.